The Morgan fingerprint density at radius 1 is 1.40 bits per heavy atom. The van der Waals surface area contributed by atoms with Crippen molar-refractivity contribution in [2.75, 3.05) is 6.54 Å². The van der Waals surface area contributed by atoms with E-state index in [1.165, 1.54) is 31.2 Å². The molecule has 20 heavy (non-hydrogen) atoms. The SMILES string of the molecule is CC1(C)CCCC(c2ccc(C(CN)C(=O)O)cc2)C1. The van der Waals surface area contributed by atoms with Gasteiger partial charge in [-0.05, 0) is 41.7 Å². The predicted molar refractivity (Wildman–Crippen MR) is 80.9 cm³/mol. The Morgan fingerprint density at radius 2 is 2.05 bits per heavy atom. The van der Waals surface area contributed by atoms with Crippen LogP contribution in [0, 0.1) is 5.41 Å². The van der Waals surface area contributed by atoms with Crippen molar-refractivity contribution < 1.29 is 9.90 Å². The Morgan fingerprint density at radius 3 is 2.55 bits per heavy atom. The fourth-order valence-electron chi connectivity index (χ4n) is 3.36. The number of carboxylic acid groups (broad SMARTS) is 1. The van der Waals surface area contributed by atoms with Crippen LogP contribution in [0.1, 0.15) is 62.5 Å². The van der Waals surface area contributed by atoms with Gasteiger partial charge >= 0.3 is 5.97 Å². The minimum Gasteiger partial charge on any atom is -0.481 e. The third kappa shape index (κ3) is 3.40. The van der Waals surface area contributed by atoms with Crippen LogP contribution in [-0.4, -0.2) is 17.6 Å². The summed E-state index contributed by atoms with van der Waals surface area (Å²) in [5.74, 6) is -0.833. The summed E-state index contributed by atoms with van der Waals surface area (Å²) in [6.45, 7) is 4.82. The number of rotatable bonds is 4. The van der Waals surface area contributed by atoms with Gasteiger partial charge in [0, 0.05) is 6.54 Å². The van der Waals surface area contributed by atoms with E-state index in [4.69, 9.17) is 10.8 Å². The largest absolute Gasteiger partial charge is 0.481 e. The van der Waals surface area contributed by atoms with Gasteiger partial charge in [0.2, 0.25) is 0 Å². The van der Waals surface area contributed by atoms with Crippen LogP contribution >= 0.6 is 0 Å². The van der Waals surface area contributed by atoms with Gasteiger partial charge in [0.05, 0.1) is 5.92 Å². The van der Waals surface area contributed by atoms with E-state index in [0.717, 1.165) is 5.56 Å². The molecule has 0 radical (unpaired) electrons. The highest BCUT2D eigenvalue weighted by atomic mass is 16.4. The zero-order valence-corrected chi connectivity index (χ0v) is 12.4. The van der Waals surface area contributed by atoms with Crippen LogP contribution in [0.4, 0.5) is 0 Å². The van der Waals surface area contributed by atoms with E-state index in [2.05, 4.69) is 26.0 Å². The van der Waals surface area contributed by atoms with Gasteiger partial charge < -0.3 is 10.8 Å². The molecular weight excluding hydrogens is 250 g/mol. The molecule has 1 aromatic carbocycles. The molecule has 1 saturated carbocycles. The lowest BCUT2D eigenvalue weighted by molar-refractivity contribution is -0.138. The van der Waals surface area contributed by atoms with Gasteiger partial charge in [0.25, 0.3) is 0 Å². The number of nitrogens with two attached hydrogens (primary N) is 1. The summed E-state index contributed by atoms with van der Waals surface area (Å²) < 4.78 is 0. The fourth-order valence-corrected chi connectivity index (χ4v) is 3.36. The second-order valence-electron chi connectivity index (χ2n) is 6.75. The number of benzene rings is 1. The zero-order valence-electron chi connectivity index (χ0n) is 12.4. The van der Waals surface area contributed by atoms with Gasteiger partial charge in [0.1, 0.15) is 0 Å². The van der Waals surface area contributed by atoms with Crippen molar-refractivity contribution in [3.8, 4) is 0 Å². The van der Waals surface area contributed by atoms with E-state index in [-0.39, 0.29) is 6.54 Å². The van der Waals surface area contributed by atoms with Crippen molar-refractivity contribution in [2.24, 2.45) is 11.1 Å². The molecule has 3 nitrogen and oxygen atoms in total. The van der Waals surface area contributed by atoms with Gasteiger partial charge in [-0.1, -0.05) is 44.5 Å². The monoisotopic (exact) mass is 275 g/mol. The predicted octanol–water partition coefficient (Wildman–Crippen LogP) is 3.50. The summed E-state index contributed by atoms with van der Waals surface area (Å²) >= 11 is 0. The van der Waals surface area contributed by atoms with E-state index >= 15 is 0 Å². The van der Waals surface area contributed by atoms with Gasteiger partial charge in [-0.2, -0.15) is 0 Å². The first-order valence-electron chi connectivity index (χ1n) is 7.46. The average Bonchev–Trinajstić information content (AvgIpc) is 2.38. The third-order valence-corrected chi connectivity index (χ3v) is 4.55. The van der Waals surface area contributed by atoms with Crippen molar-refractivity contribution in [2.45, 2.75) is 51.4 Å². The normalized spacial score (nSPS) is 23.2. The molecule has 2 atom stereocenters. The van der Waals surface area contributed by atoms with Crippen molar-refractivity contribution in [1.29, 1.82) is 0 Å². The molecule has 1 aliphatic carbocycles. The quantitative estimate of drug-likeness (QED) is 0.884. The average molecular weight is 275 g/mol. The molecule has 0 bridgehead atoms. The summed E-state index contributed by atoms with van der Waals surface area (Å²) in [6.07, 6.45) is 5.03. The molecule has 0 saturated heterocycles. The number of aliphatic carboxylic acids is 1. The number of hydrogen-bond donors (Lipinski definition) is 2. The van der Waals surface area contributed by atoms with Crippen LogP contribution in [0.25, 0.3) is 0 Å². The van der Waals surface area contributed by atoms with E-state index in [1.807, 2.05) is 12.1 Å². The Labute approximate surface area is 121 Å². The second kappa shape index (κ2) is 5.96. The molecular formula is C17H25NO2. The lowest BCUT2D eigenvalue weighted by atomic mass is 9.70. The third-order valence-electron chi connectivity index (χ3n) is 4.55. The van der Waals surface area contributed by atoms with Gasteiger partial charge in [-0.3, -0.25) is 4.79 Å². The Hall–Kier alpha value is -1.35. The molecule has 2 rings (SSSR count). The maximum atomic E-state index is 11.1. The Balaban J connectivity index is 2.14. The van der Waals surface area contributed by atoms with Crippen molar-refractivity contribution in [1.82, 2.24) is 0 Å². The van der Waals surface area contributed by atoms with Crippen molar-refractivity contribution in [3.05, 3.63) is 35.4 Å². The molecule has 2 unspecified atom stereocenters. The smallest absolute Gasteiger partial charge is 0.312 e. The highest BCUT2D eigenvalue weighted by Gasteiger charge is 2.29. The summed E-state index contributed by atoms with van der Waals surface area (Å²) in [6, 6.07) is 8.05. The molecule has 3 N–H and O–H groups in total. The van der Waals surface area contributed by atoms with E-state index in [0.29, 0.717) is 11.3 Å². The maximum absolute atomic E-state index is 11.1. The first kappa shape index (κ1) is 15.0. The molecule has 0 spiro atoms. The summed E-state index contributed by atoms with van der Waals surface area (Å²) in [5, 5.41) is 9.13. The molecule has 1 aromatic rings. The highest BCUT2D eigenvalue weighted by Crippen LogP contribution is 2.43. The first-order chi connectivity index (χ1) is 9.43. The van der Waals surface area contributed by atoms with E-state index < -0.39 is 11.9 Å². The van der Waals surface area contributed by atoms with Crippen molar-refractivity contribution >= 4 is 5.97 Å². The Kier molecular flexibility index (Phi) is 4.48. The fraction of sp³-hybridized carbons (Fsp3) is 0.588. The zero-order chi connectivity index (χ0) is 14.8. The molecule has 0 aliphatic heterocycles. The standard InChI is InChI=1S/C17H25NO2/c1-17(2)9-3-4-14(10-17)12-5-7-13(8-6-12)15(11-18)16(19)20/h5-8,14-15H,3-4,9-11,18H2,1-2H3,(H,19,20). The molecule has 1 aliphatic rings. The first-order valence-corrected chi connectivity index (χ1v) is 7.46. The minimum atomic E-state index is -0.848. The molecule has 0 heterocycles. The number of carbonyl (C=O) groups is 1. The number of hydrogen-bond acceptors (Lipinski definition) is 2. The lowest BCUT2D eigenvalue weighted by Crippen LogP contribution is -2.22. The minimum absolute atomic E-state index is 0.144. The van der Waals surface area contributed by atoms with Gasteiger partial charge in [0.15, 0.2) is 0 Å². The Bertz CT molecular complexity index is 464. The molecule has 0 aromatic heterocycles. The molecule has 1 fully saturated rings. The van der Waals surface area contributed by atoms with E-state index in [1.54, 1.807) is 0 Å². The maximum Gasteiger partial charge on any atom is 0.312 e. The van der Waals surface area contributed by atoms with Crippen LogP contribution in [-0.2, 0) is 4.79 Å². The second-order valence-corrected chi connectivity index (χ2v) is 6.75. The lowest BCUT2D eigenvalue weighted by Gasteiger charge is -2.35. The van der Waals surface area contributed by atoms with Crippen LogP contribution in [0.3, 0.4) is 0 Å². The van der Waals surface area contributed by atoms with Gasteiger partial charge in [-0.25, -0.2) is 0 Å². The number of carboxylic acids is 1. The molecule has 0 amide bonds. The summed E-state index contributed by atoms with van der Waals surface area (Å²) in [7, 11) is 0. The van der Waals surface area contributed by atoms with Crippen LogP contribution in [0.5, 0.6) is 0 Å². The summed E-state index contributed by atoms with van der Waals surface area (Å²) in [5.41, 5.74) is 8.10. The topological polar surface area (TPSA) is 63.3 Å². The summed E-state index contributed by atoms with van der Waals surface area (Å²) in [4.78, 5) is 11.1. The van der Waals surface area contributed by atoms with Crippen LogP contribution in [0.2, 0.25) is 0 Å². The molecule has 3 heteroatoms. The van der Waals surface area contributed by atoms with Crippen LogP contribution in [0.15, 0.2) is 24.3 Å². The molecule has 110 valence electrons. The van der Waals surface area contributed by atoms with Crippen molar-refractivity contribution in [3.63, 3.8) is 0 Å². The van der Waals surface area contributed by atoms with Crippen LogP contribution < -0.4 is 5.73 Å². The van der Waals surface area contributed by atoms with Gasteiger partial charge in [-0.15, -0.1) is 0 Å². The highest BCUT2D eigenvalue weighted by molar-refractivity contribution is 5.76. The van der Waals surface area contributed by atoms with E-state index in [9.17, 15) is 4.79 Å².